The summed E-state index contributed by atoms with van der Waals surface area (Å²) in [6, 6.07) is 13.2. The molecule has 23 heavy (non-hydrogen) atoms. The average Bonchev–Trinajstić information content (AvgIpc) is 2.53. The third kappa shape index (κ3) is 5.62. The molecule has 0 saturated heterocycles. The largest absolute Gasteiger partial charge is 0.489 e. The molecule has 2 rings (SSSR count). The van der Waals surface area contributed by atoms with Crippen molar-refractivity contribution < 1.29 is 13.9 Å². The van der Waals surface area contributed by atoms with E-state index in [2.05, 4.69) is 5.32 Å². The number of amides is 1. The number of nitrogens with one attached hydrogen (secondary N) is 1. The van der Waals surface area contributed by atoms with Gasteiger partial charge in [0.25, 0.3) is 0 Å². The van der Waals surface area contributed by atoms with Crippen LogP contribution in [0.25, 0.3) is 0 Å². The van der Waals surface area contributed by atoms with Gasteiger partial charge in [-0.2, -0.15) is 0 Å². The molecule has 4 nitrogen and oxygen atoms in total. The highest BCUT2D eigenvalue weighted by Crippen LogP contribution is 2.14. The standard InChI is InChI=1S/C18H21FN2O2/c1-2-16(23-17-5-3-4-14(19)11-17)12-21-18(22)10-13-6-8-15(20)9-7-13/h3-9,11,16H,2,10,12,20H2,1H3,(H,21,22). The second kappa shape index (κ2) is 8.17. The topological polar surface area (TPSA) is 64.4 Å². The second-order valence-electron chi connectivity index (χ2n) is 5.33. The van der Waals surface area contributed by atoms with Crippen LogP contribution in [0.1, 0.15) is 18.9 Å². The van der Waals surface area contributed by atoms with E-state index in [0.717, 1.165) is 5.56 Å². The van der Waals surface area contributed by atoms with Gasteiger partial charge < -0.3 is 15.8 Å². The van der Waals surface area contributed by atoms with Gasteiger partial charge in [0.05, 0.1) is 13.0 Å². The van der Waals surface area contributed by atoms with E-state index in [9.17, 15) is 9.18 Å². The molecule has 0 aliphatic rings. The van der Waals surface area contributed by atoms with Crippen LogP contribution in [0.15, 0.2) is 48.5 Å². The number of hydrogen-bond donors (Lipinski definition) is 2. The van der Waals surface area contributed by atoms with Crippen molar-refractivity contribution in [2.75, 3.05) is 12.3 Å². The molecule has 1 unspecified atom stereocenters. The summed E-state index contributed by atoms with van der Waals surface area (Å²) in [6.45, 7) is 2.33. The molecule has 0 aromatic heterocycles. The predicted molar refractivity (Wildman–Crippen MR) is 88.7 cm³/mol. The molecule has 1 atom stereocenters. The second-order valence-corrected chi connectivity index (χ2v) is 5.33. The molecule has 2 aromatic rings. The molecule has 0 aliphatic heterocycles. The molecular formula is C18H21FN2O2. The van der Waals surface area contributed by atoms with Gasteiger partial charge in [-0.3, -0.25) is 4.79 Å². The van der Waals surface area contributed by atoms with Crippen LogP contribution in [-0.2, 0) is 11.2 Å². The van der Waals surface area contributed by atoms with E-state index in [1.165, 1.54) is 12.1 Å². The maximum atomic E-state index is 13.1. The van der Waals surface area contributed by atoms with Gasteiger partial charge in [0.15, 0.2) is 0 Å². The van der Waals surface area contributed by atoms with E-state index in [0.29, 0.717) is 24.4 Å². The zero-order chi connectivity index (χ0) is 16.7. The lowest BCUT2D eigenvalue weighted by Gasteiger charge is -2.18. The van der Waals surface area contributed by atoms with E-state index < -0.39 is 0 Å². The Balaban J connectivity index is 1.82. The first-order valence-electron chi connectivity index (χ1n) is 7.60. The van der Waals surface area contributed by atoms with Crippen molar-refractivity contribution in [2.45, 2.75) is 25.9 Å². The van der Waals surface area contributed by atoms with E-state index in [-0.39, 0.29) is 24.2 Å². The Morgan fingerprint density at radius 1 is 1.26 bits per heavy atom. The summed E-state index contributed by atoms with van der Waals surface area (Å²) in [5.41, 5.74) is 7.18. The van der Waals surface area contributed by atoms with Crippen LogP contribution < -0.4 is 15.8 Å². The highest BCUT2D eigenvalue weighted by Gasteiger charge is 2.11. The van der Waals surface area contributed by atoms with Gasteiger partial charge in [-0.1, -0.05) is 25.1 Å². The number of ether oxygens (including phenoxy) is 1. The first-order chi connectivity index (χ1) is 11.1. The third-order valence-corrected chi connectivity index (χ3v) is 3.43. The van der Waals surface area contributed by atoms with Crippen molar-refractivity contribution in [3.63, 3.8) is 0 Å². The summed E-state index contributed by atoms with van der Waals surface area (Å²) in [4.78, 5) is 12.0. The Morgan fingerprint density at radius 3 is 2.65 bits per heavy atom. The smallest absolute Gasteiger partial charge is 0.224 e. The summed E-state index contributed by atoms with van der Waals surface area (Å²) in [6.07, 6.45) is 0.794. The zero-order valence-electron chi connectivity index (χ0n) is 13.1. The number of carbonyl (C=O) groups is 1. The monoisotopic (exact) mass is 316 g/mol. The fourth-order valence-corrected chi connectivity index (χ4v) is 2.11. The number of carbonyl (C=O) groups excluding carboxylic acids is 1. The van der Waals surface area contributed by atoms with Crippen LogP contribution in [0.3, 0.4) is 0 Å². The molecule has 0 heterocycles. The van der Waals surface area contributed by atoms with Crippen LogP contribution in [0.2, 0.25) is 0 Å². The number of anilines is 1. The fourth-order valence-electron chi connectivity index (χ4n) is 2.11. The van der Waals surface area contributed by atoms with Crippen LogP contribution in [0.5, 0.6) is 5.75 Å². The van der Waals surface area contributed by atoms with Crippen molar-refractivity contribution in [1.82, 2.24) is 5.32 Å². The first-order valence-corrected chi connectivity index (χ1v) is 7.60. The number of halogens is 1. The van der Waals surface area contributed by atoms with Gasteiger partial charge in [0.1, 0.15) is 17.7 Å². The lowest BCUT2D eigenvalue weighted by atomic mass is 10.1. The molecule has 0 aliphatic carbocycles. The third-order valence-electron chi connectivity index (χ3n) is 3.43. The summed E-state index contributed by atoms with van der Waals surface area (Å²) in [5.74, 6) is 0.0328. The molecule has 0 fully saturated rings. The fraction of sp³-hybridized carbons (Fsp3) is 0.278. The van der Waals surface area contributed by atoms with Crippen LogP contribution in [-0.4, -0.2) is 18.6 Å². The molecule has 1 amide bonds. The number of benzene rings is 2. The molecule has 3 N–H and O–H groups in total. The average molecular weight is 316 g/mol. The van der Waals surface area contributed by atoms with Gasteiger partial charge in [0.2, 0.25) is 5.91 Å². The minimum Gasteiger partial charge on any atom is -0.489 e. The number of hydrogen-bond acceptors (Lipinski definition) is 3. The van der Waals surface area contributed by atoms with Gasteiger partial charge in [-0.15, -0.1) is 0 Å². The Labute approximate surface area is 135 Å². The Bertz CT molecular complexity index is 644. The normalized spacial score (nSPS) is 11.7. The molecular weight excluding hydrogens is 295 g/mol. The van der Waals surface area contributed by atoms with Crippen LogP contribution >= 0.6 is 0 Å². The molecule has 0 radical (unpaired) electrons. The first kappa shape index (κ1) is 16.8. The quantitative estimate of drug-likeness (QED) is 0.772. The van der Waals surface area contributed by atoms with Crippen molar-refractivity contribution in [3.8, 4) is 5.75 Å². The molecule has 122 valence electrons. The summed E-state index contributed by atoms with van der Waals surface area (Å²) >= 11 is 0. The molecule has 0 bridgehead atoms. The Hall–Kier alpha value is -2.56. The highest BCUT2D eigenvalue weighted by atomic mass is 19.1. The van der Waals surface area contributed by atoms with Gasteiger partial charge in [-0.25, -0.2) is 4.39 Å². The molecule has 2 aromatic carbocycles. The van der Waals surface area contributed by atoms with Crippen molar-refractivity contribution in [1.29, 1.82) is 0 Å². The van der Waals surface area contributed by atoms with E-state index in [4.69, 9.17) is 10.5 Å². The summed E-state index contributed by atoms with van der Waals surface area (Å²) < 4.78 is 18.8. The Morgan fingerprint density at radius 2 is 2.00 bits per heavy atom. The minimum absolute atomic E-state index is 0.0870. The minimum atomic E-state index is -0.343. The van der Waals surface area contributed by atoms with E-state index in [1.807, 2.05) is 19.1 Å². The van der Waals surface area contributed by atoms with Gasteiger partial charge >= 0.3 is 0 Å². The SMILES string of the molecule is CCC(CNC(=O)Cc1ccc(N)cc1)Oc1cccc(F)c1. The Kier molecular flexibility index (Phi) is 5.97. The van der Waals surface area contributed by atoms with Crippen molar-refractivity contribution >= 4 is 11.6 Å². The molecule has 0 spiro atoms. The van der Waals surface area contributed by atoms with Crippen LogP contribution in [0, 0.1) is 5.82 Å². The van der Waals surface area contributed by atoms with Crippen molar-refractivity contribution in [3.05, 3.63) is 59.9 Å². The summed E-state index contributed by atoms with van der Waals surface area (Å²) in [5, 5.41) is 2.84. The maximum Gasteiger partial charge on any atom is 0.224 e. The van der Waals surface area contributed by atoms with Crippen LogP contribution in [0.4, 0.5) is 10.1 Å². The van der Waals surface area contributed by atoms with E-state index in [1.54, 1.807) is 24.3 Å². The van der Waals surface area contributed by atoms with Gasteiger partial charge in [-0.05, 0) is 36.2 Å². The molecule has 0 saturated carbocycles. The molecule has 5 heteroatoms. The summed E-state index contributed by atoms with van der Waals surface area (Å²) in [7, 11) is 0. The predicted octanol–water partition coefficient (Wildman–Crippen LogP) is 2.92. The lowest BCUT2D eigenvalue weighted by molar-refractivity contribution is -0.120. The number of rotatable bonds is 7. The zero-order valence-corrected chi connectivity index (χ0v) is 13.1. The maximum absolute atomic E-state index is 13.1. The number of nitrogen functional groups attached to an aromatic ring is 1. The highest BCUT2D eigenvalue weighted by molar-refractivity contribution is 5.78. The van der Waals surface area contributed by atoms with E-state index >= 15 is 0 Å². The van der Waals surface area contributed by atoms with Crippen molar-refractivity contribution in [2.24, 2.45) is 0 Å². The lowest BCUT2D eigenvalue weighted by Crippen LogP contribution is -2.35. The number of nitrogens with two attached hydrogens (primary N) is 1. The van der Waals surface area contributed by atoms with Gasteiger partial charge in [0, 0.05) is 11.8 Å².